The summed E-state index contributed by atoms with van der Waals surface area (Å²) >= 11 is 6.23. The van der Waals surface area contributed by atoms with Gasteiger partial charge in [0.05, 0.1) is 5.54 Å². The summed E-state index contributed by atoms with van der Waals surface area (Å²) in [6.07, 6.45) is 1.16. The van der Waals surface area contributed by atoms with Crippen LogP contribution in [-0.4, -0.2) is 5.54 Å². The number of hydrogen-bond acceptors (Lipinski definition) is 1. The third-order valence-corrected chi connectivity index (χ3v) is 4.54. The highest BCUT2D eigenvalue weighted by atomic mass is 35.5. The molecule has 0 unspecified atom stereocenters. The monoisotopic (exact) mass is 360 g/mol. The molecule has 0 radical (unpaired) electrons. The van der Waals surface area contributed by atoms with Crippen LogP contribution in [0.3, 0.4) is 0 Å². The van der Waals surface area contributed by atoms with Crippen molar-refractivity contribution in [3.05, 3.63) is 64.7 Å². The fourth-order valence-electron chi connectivity index (χ4n) is 3.41. The predicted molar refractivity (Wildman–Crippen MR) is 106 cm³/mol. The maximum absolute atomic E-state index is 6.23. The Bertz CT molecular complexity index is 688. The molecule has 2 rings (SSSR count). The molecule has 0 atom stereocenters. The summed E-state index contributed by atoms with van der Waals surface area (Å²) in [6, 6.07) is 16.1. The van der Waals surface area contributed by atoms with Crippen LogP contribution in [-0.2, 0) is 13.2 Å². The lowest BCUT2D eigenvalue weighted by Crippen LogP contribution is -2.94. The van der Waals surface area contributed by atoms with Gasteiger partial charge in [-0.25, -0.2) is 0 Å². The average Bonchev–Trinajstić information content (AvgIpc) is 2.51. The maximum atomic E-state index is 6.23. The van der Waals surface area contributed by atoms with E-state index < -0.39 is 0 Å². The summed E-state index contributed by atoms with van der Waals surface area (Å²) in [5, 5.41) is 3.16. The van der Waals surface area contributed by atoms with Gasteiger partial charge in [-0.3, -0.25) is 0 Å². The van der Waals surface area contributed by atoms with E-state index in [9.17, 15) is 0 Å². The molecular weight excluding hydrogens is 330 g/mol. The number of halogens is 1. The van der Waals surface area contributed by atoms with Crippen LogP contribution in [0.4, 0.5) is 0 Å². The Labute approximate surface area is 157 Å². The Balaban J connectivity index is 2.02. The van der Waals surface area contributed by atoms with Crippen LogP contribution in [0.1, 0.15) is 52.2 Å². The van der Waals surface area contributed by atoms with Crippen molar-refractivity contribution >= 4 is 11.6 Å². The molecule has 0 amide bonds. The van der Waals surface area contributed by atoms with Gasteiger partial charge in [-0.05, 0) is 37.5 Å². The van der Waals surface area contributed by atoms with Crippen molar-refractivity contribution in [1.29, 1.82) is 0 Å². The summed E-state index contributed by atoms with van der Waals surface area (Å²) in [5.74, 6) is 0.935. The van der Waals surface area contributed by atoms with Gasteiger partial charge in [-0.2, -0.15) is 0 Å². The SMILES string of the molecule is CC(C)(C)CC(C)(C)[NH2+]Cc1ccccc1OCc1ccccc1Cl. The number of rotatable bonds is 7. The predicted octanol–water partition coefficient (Wildman–Crippen LogP) is 5.20. The third-order valence-electron chi connectivity index (χ3n) is 4.17. The first kappa shape index (κ1) is 19.8. The number of ether oxygens (including phenoxy) is 1. The summed E-state index contributed by atoms with van der Waals surface area (Å²) in [5.41, 5.74) is 2.74. The zero-order valence-corrected chi connectivity index (χ0v) is 16.9. The highest BCUT2D eigenvalue weighted by Crippen LogP contribution is 2.25. The molecule has 0 aliphatic rings. The van der Waals surface area contributed by atoms with Crippen LogP contribution < -0.4 is 10.1 Å². The van der Waals surface area contributed by atoms with Crippen molar-refractivity contribution in [3.63, 3.8) is 0 Å². The second kappa shape index (κ2) is 8.25. The molecular formula is C22H31ClNO+. The molecule has 2 nitrogen and oxygen atoms in total. The molecule has 0 spiro atoms. The summed E-state index contributed by atoms with van der Waals surface area (Å²) in [6.45, 7) is 12.9. The van der Waals surface area contributed by atoms with E-state index in [4.69, 9.17) is 16.3 Å². The van der Waals surface area contributed by atoms with E-state index in [-0.39, 0.29) is 5.54 Å². The second-order valence-electron chi connectivity index (χ2n) is 8.62. The lowest BCUT2D eigenvalue weighted by Gasteiger charge is -2.30. The van der Waals surface area contributed by atoms with Gasteiger partial charge in [0.1, 0.15) is 18.9 Å². The lowest BCUT2D eigenvalue weighted by atomic mass is 9.82. The minimum Gasteiger partial charge on any atom is -0.488 e. The molecule has 2 N–H and O–H groups in total. The first-order chi connectivity index (χ1) is 11.7. The Kier molecular flexibility index (Phi) is 6.53. The second-order valence-corrected chi connectivity index (χ2v) is 9.03. The smallest absolute Gasteiger partial charge is 0.128 e. The van der Waals surface area contributed by atoms with E-state index in [0.717, 1.165) is 29.3 Å². The first-order valence-corrected chi connectivity index (χ1v) is 9.33. The van der Waals surface area contributed by atoms with Crippen molar-refractivity contribution in [2.45, 2.75) is 59.7 Å². The van der Waals surface area contributed by atoms with E-state index in [1.165, 1.54) is 5.56 Å². The summed E-state index contributed by atoms with van der Waals surface area (Å²) in [4.78, 5) is 0. The van der Waals surface area contributed by atoms with Gasteiger partial charge in [0.15, 0.2) is 0 Å². The quantitative estimate of drug-likeness (QED) is 0.721. The Morgan fingerprint density at radius 3 is 2.12 bits per heavy atom. The van der Waals surface area contributed by atoms with Crippen LogP contribution in [0, 0.1) is 5.41 Å². The number of para-hydroxylation sites is 1. The van der Waals surface area contributed by atoms with Crippen molar-refractivity contribution in [1.82, 2.24) is 0 Å². The minimum atomic E-state index is 0.189. The van der Waals surface area contributed by atoms with Gasteiger partial charge >= 0.3 is 0 Å². The fraction of sp³-hybridized carbons (Fsp3) is 0.455. The van der Waals surface area contributed by atoms with Crippen molar-refractivity contribution in [2.24, 2.45) is 5.41 Å². The molecule has 0 aromatic heterocycles. The van der Waals surface area contributed by atoms with E-state index in [1.807, 2.05) is 36.4 Å². The van der Waals surface area contributed by atoms with E-state index >= 15 is 0 Å². The van der Waals surface area contributed by atoms with Crippen LogP contribution in [0.5, 0.6) is 5.75 Å². The Hall–Kier alpha value is -1.51. The molecule has 136 valence electrons. The zero-order valence-electron chi connectivity index (χ0n) is 16.1. The molecule has 2 aromatic carbocycles. The highest BCUT2D eigenvalue weighted by molar-refractivity contribution is 6.31. The van der Waals surface area contributed by atoms with Gasteiger partial charge in [0.2, 0.25) is 0 Å². The third kappa shape index (κ3) is 6.72. The molecule has 0 heterocycles. The standard InChI is InChI=1S/C22H30ClNO/c1-21(2,3)16-22(4,5)24-14-17-10-7-9-13-20(17)25-15-18-11-6-8-12-19(18)23/h6-13,24H,14-16H2,1-5H3/p+1. The van der Waals surface area contributed by atoms with Gasteiger partial charge in [0.25, 0.3) is 0 Å². The average molecular weight is 361 g/mol. The molecule has 0 aliphatic carbocycles. The molecule has 2 aromatic rings. The number of hydrogen-bond donors (Lipinski definition) is 1. The Morgan fingerprint density at radius 1 is 0.880 bits per heavy atom. The molecule has 0 aliphatic heterocycles. The fourth-order valence-corrected chi connectivity index (χ4v) is 3.60. The van der Waals surface area contributed by atoms with Crippen molar-refractivity contribution in [3.8, 4) is 5.75 Å². The van der Waals surface area contributed by atoms with Crippen LogP contribution in [0.2, 0.25) is 5.02 Å². The number of benzene rings is 2. The van der Waals surface area contributed by atoms with Gasteiger partial charge in [-0.15, -0.1) is 0 Å². The molecule has 25 heavy (non-hydrogen) atoms. The maximum Gasteiger partial charge on any atom is 0.128 e. The van der Waals surface area contributed by atoms with E-state index in [1.54, 1.807) is 0 Å². The molecule has 0 saturated carbocycles. The first-order valence-electron chi connectivity index (χ1n) is 8.95. The lowest BCUT2D eigenvalue weighted by molar-refractivity contribution is -0.737. The Morgan fingerprint density at radius 2 is 1.48 bits per heavy atom. The summed E-state index contributed by atoms with van der Waals surface area (Å²) < 4.78 is 6.07. The van der Waals surface area contributed by atoms with Gasteiger partial charge in [0, 0.05) is 22.6 Å². The van der Waals surface area contributed by atoms with Crippen LogP contribution in [0.15, 0.2) is 48.5 Å². The minimum absolute atomic E-state index is 0.189. The van der Waals surface area contributed by atoms with Gasteiger partial charge < -0.3 is 10.1 Å². The molecule has 0 saturated heterocycles. The van der Waals surface area contributed by atoms with Crippen molar-refractivity contribution < 1.29 is 10.1 Å². The van der Waals surface area contributed by atoms with Gasteiger partial charge in [-0.1, -0.05) is 62.7 Å². The largest absolute Gasteiger partial charge is 0.488 e. The van der Waals surface area contributed by atoms with E-state index in [0.29, 0.717) is 12.0 Å². The highest BCUT2D eigenvalue weighted by Gasteiger charge is 2.28. The molecule has 0 fully saturated rings. The number of nitrogens with two attached hydrogens (primary N) is 1. The molecule has 3 heteroatoms. The van der Waals surface area contributed by atoms with Crippen LogP contribution in [0.25, 0.3) is 0 Å². The van der Waals surface area contributed by atoms with E-state index in [2.05, 4.69) is 52.1 Å². The number of quaternary nitrogens is 1. The topological polar surface area (TPSA) is 25.8 Å². The molecule has 0 bridgehead atoms. The van der Waals surface area contributed by atoms with Crippen molar-refractivity contribution in [2.75, 3.05) is 0 Å². The normalized spacial score (nSPS) is 12.2. The zero-order chi connectivity index (χ0) is 18.5. The summed E-state index contributed by atoms with van der Waals surface area (Å²) in [7, 11) is 0. The van der Waals surface area contributed by atoms with Crippen LogP contribution >= 0.6 is 11.6 Å².